The van der Waals surface area contributed by atoms with Crippen molar-refractivity contribution in [2.75, 3.05) is 11.9 Å². The van der Waals surface area contributed by atoms with Gasteiger partial charge in [-0.25, -0.2) is 9.97 Å². The van der Waals surface area contributed by atoms with Gasteiger partial charge in [-0.15, -0.1) is 0 Å². The molecule has 0 radical (unpaired) electrons. The molecule has 0 atom stereocenters. The highest BCUT2D eigenvalue weighted by Gasteiger charge is 2.08. The number of aromatic nitrogens is 4. The maximum atomic E-state index is 5.43. The molecular formula is C12H17N5O. The summed E-state index contributed by atoms with van der Waals surface area (Å²) in [6, 6.07) is 0. The quantitative estimate of drug-likeness (QED) is 0.843. The van der Waals surface area contributed by atoms with E-state index in [0.717, 1.165) is 22.6 Å². The van der Waals surface area contributed by atoms with Gasteiger partial charge in [-0.3, -0.25) is 5.10 Å². The van der Waals surface area contributed by atoms with Crippen molar-refractivity contribution in [1.29, 1.82) is 0 Å². The molecule has 2 aromatic heterocycles. The minimum absolute atomic E-state index is 0.595. The minimum Gasteiger partial charge on any atom is -0.478 e. The Hall–Kier alpha value is -2.11. The first kappa shape index (κ1) is 12.3. The molecule has 2 N–H and O–H groups in total. The lowest BCUT2D eigenvalue weighted by Gasteiger charge is -2.10. The number of nitrogens with zero attached hydrogens (tertiary/aromatic N) is 3. The number of H-pyrrole nitrogens is 1. The second-order valence-electron chi connectivity index (χ2n) is 3.96. The molecule has 6 nitrogen and oxygen atoms in total. The molecule has 0 saturated heterocycles. The molecule has 0 saturated carbocycles. The van der Waals surface area contributed by atoms with Crippen LogP contribution in [0.25, 0.3) is 0 Å². The van der Waals surface area contributed by atoms with Crippen molar-refractivity contribution in [2.24, 2.45) is 0 Å². The number of hydrogen-bond acceptors (Lipinski definition) is 5. The number of anilines is 1. The van der Waals surface area contributed by atoms with Crippen molar-refractivity contribution in [3.8, 4) is 5.88 Å². The van der Waals surface area contributed by atoms with Crippen molar-refractivity contribution in [3.63, 3.8) is 0 Å². The van der Waals surface area contributed by atoms with Crippen molar-refractivity contribution in [3.05, 3.63) is 29.3 Å². The van der Waals surface area contributed by atoms with Gasteiger partial charge in [-0.05, 0) is 20.8 Å². The van der Waals surface area contributed by atoms with Crippen LogP contribution in [0.1, 0.15) is 23.7 Å². The fraction of sp³-hybridized carbons (Fsp3) is 0.417. The van der Waals surface area contributed by atoms with E-state index in [9.17, 15) is 0 Å². The topological polar surface area (TPSA) is 75.7 Å². The Balaban J connectivity index is 2.10. The van der Waals surface area contributed by atoms with Crippen LogP contribution in [0.2, 0.25) is 0 Å². The second-order valence-corrected chi connectivity index (χ2v) is 3.96. The minimum atomic E-state index is 0.595. The maximum absolute atomic E-state index is 5.43. The summed E-state index contributed by atoms with van der Waals surface area (Å²) >= 11 is 0. The fourth-order valence-corrected chi connectivity index (χ4v) is 1.63. The number of nitrogens with one attached hydrogen (secondary N) is 2. The Kier molecular flexibility index (Phi) is 3.76. The van der Waals surface area contributed by atoms with E-state index in [0.29, 0.717) is 19.0 Å². The van der Waals surface area contributed by atoms with Gasteiger partial charge in [0.2, 0.25) is 5.88 Å². The van der Waals surface area contributed by atoms with Crippen LogP contribution in [0, 0.1) is 13.8 Å². The Morgan fingerprint density at radius 1 is 1.33 bits per heavy atom. The molecule has 18 heavy (non-hydrogen) atoms. The third-order valence-electron chi connectivity index (χ3n) is 2.70. The van der Waals surface area contributed by atoms with E-state index in [1.54, 1.807) is 0 Å². The molecule has 0 fully saturated rings. The molecule has 6 heteroatoms. The summed E-state index contributed by atoms with van der Waals surface area (Å²) in [4.78, 5) is 8.32. The van der Waals surface area contributed by atoms with E-state index in [-0.39, 0.29) is 0 Å². The molecule has 2 heterocycles. The van der Waals surface area contributed by atoms with Gasteiger partial charge in [-0.1, -0.05) is 0 Å². The van der Waals surface area contributed by atoms with Gasteiger partial charge >= 0.3 is 0 Å². The van der Waals surface area contributed by atoms with Crippen LogP contribution in [-0.2, 0) is 6.54 Å². The Bertz CT molecular complexity index is 523. The summed E-state index contributed by atoms with van der Waals surface area (Å²) in [6.45, 7) is 7.13. The first-order valence-corrected chi connectivity index (χ1v) is 5.89. The lowest BCUT2D eigenvalue weighted by atomic mass is 10.2. The molecule has 0 bridgehead atoms. The molecule has 0 aliphatic rings. The number of aromatic amines is 1. The molecular weight excluding hydrogens is 230 g/mol. The molecule has 0 spiro atoms. The normalized spacial score (nSPS) is 10.4. The van der Waals surface area contributed by atoms with E-state index < -0.39 is 0 Å². The highest BCUT2D eigenvalue weighted by Crippen LogP contribution is 2.20. The summed E-state index contributed by atoms with van der Waals surface area (Å²) in [5, 5.41) is 10.1. The molecule has 0 unspecified atom stereocenters. The maximum Gasteiger partial charge on any atom is 0.221 e. The van der Waals surface area contributed by atoms with Crippen molar-refractivity contribution in [2.45, 2.75) is 27.3 Å². The van der Waals surface area contributed by atoms with Crippen LogP contribution in [0.5, 0.6) is 5.88 Å². The lowest BCUT2D eigenvalue weighted by Crippen LogP contribution is -2.06. The average Bonchev–Trinajstić information content (AvgIpc) is 2.76. The summed E-state index contributed by atoms with van der Waals surface area (Å²) in [5.74, 6) is 1.41. The number of ether oxygens (including phenoxy) is 1. The number of hydrogen-bond donors (Lipinski definition) is 2. The fourth-order valence-electron chi connectivity index (χ4n) is 1.63. The van der Waals surface area contributed by atoms with Gasteiger partial charge in [0.15, 0.2) is 0 Å². The first-order chi connectivity index (χ1) is 8.72. The SMILES string of the molecule is CCOc1ncnc(NCc2cn[nH]c2C)c1C. The first-order valence-electron chi connectivity index (χ1n) is 5.89. The highest BCUT2D eigenvalue weighted by atomic mass is 16.5. The number of rotatable bonds is 5. The average molecular weight is 247 g/mol. The molecule has 0 aromatic carbocycles. The number of aryl methyl sites for hydroxylation is 1. The van der Waals surface area contributed by atoms with E-state index >= 15 is 0 Å². The molecule has 2 rings (SSSR count). The molecule has 2 aromatic rings. The van der Waals surface area contributed by atoms with Crippen molar-refractivity contribution >= 4 is 5.82 Å². The Morgan fingerprint density at radius 3 is 2.83 bits per heavy atom. The van der Waals surface area contributed by atoms with Crippen molar-refractivity contribution < 1.29 is 4.74 Å². The van der Waals surface area contributed by atoms with E-state index in [1.807, 2.05) is 27.0 Å². The smallest absolute Gasteiger partial charge is 0.221 e. The highest BCUT2D eigenvalue weighted by molar-refractivity contribution is 5.48. The third-order valence-corrected chi connectivity index (χ3v) is 2.70. The summed E-state index contributed by atoms with van der Waals surface area (Å²) in [5.41, 5.74) is 3.09. The van der Waals surface area contributed by atoms with E-state index in [2.05, 4.69) is 25.5 Å². The molecule has 0 amide bonds. The monoisotopic (exact) mass is 247 g/mol. The third kappa shape index (κ3) is 2.58. The van der Waals surface area contributed by atoms with Gasteiger partial charge in [0.25, 0.3) is 0 Å². The van der Waals surface area contributed by atoms with Gasteiger partial charge < -0.3 is 10.1 Å². The Morgan fingerprint density at radius 2 is 2.17 bits per heavy atom. The van der Waals surface area contributed by atoms with E-state index in [1.165, 1.54) is 6.33 Å². The van der Waals surface area contributed by atoms with Gasteiger partial charge in [0, 0.05) is 17.8 Å². The van der Waals surface area contributed by atoms with Gasteiger partial charge in [-0.2, -0.15) is 5.10 Å². The standard InChI is InChI=1S/C12H17N5O/c1-4-18-12-8(2)11(14-7-15-12)13-5-10-6-16-17-9(10)3/h6-7H,4-5H2,1-3H3,(H,16,17)(H,13,14,15). The van der Waals surface area contributed by atoms with Crippen LogP contribution in [0.3, 0.4) is 0 Å². The zero-order valence-electron chi connectivity index (χ0n) is 10.8. The lowest BCUT2D eigenvalue weighted by molar-refractivity contribution is 0.324. The predicted molar refractivity (Wildman–Crippen MR) is 68.6 cm³/mol. The zero-order chi connectivity index (χ0) is 13.0. The van der Waals surface area contributed by atoms with Crippen LogP contribution in [0.15, 0.2) is 12.5 Å². The second kappa shape index (κ2) is 5.48. The van der Waals surface area contributed by atoms with Crippen molar-refractivity contribution in [1.82, 2.24) is 20.2 Å². The summed E-state index contributed by atoms with van der Waals surface area (Å²) < 4.78 is 5.43. The summed E-state index contributed by atoms with van der Waals surface area (Å²) in [7, 11) is 0. The van der Waals surface area contributed by atoms with Crippen LogP contribution in [0.4, 0.5) is 5.82 Å². The molecule has 96 valence electrons. The van der Waals surface area contributed by atoms with Crippen LogP contribution < -0.4 is 10.1 Å². The summed E-state index contributed by atoms with van der Waals surface area (Å²) in [6.07, 6.45) is 3.31. The van der Waals surface area contributed by atoms with Crippen LogP contribution in [-0.4, -0.2) is 26.8 Å². The largest absolute Gasteiger partial charge is 0.478 e. The molecule has 0 aliphatic heterocycles. The molecule has 0 aliphatic carbocycles. The zero-order valence-corrected chi connectivity index (χ0v) is 10.8. The Labute approximate surface area is 106 Å². The van der Waals surface area contributed by atoms with Gasteiger partial charge in [0.1, 0.15) is 12.1 Å². The predicted octanol–water partition coefficient (Wildman–Crippen LogP) is 1.83. The van der Waals surface area contributed by atoms with Gasteiger partial charge in [0.05, 0.1) is 18.4 Å². The van der Waals surface area contributed by atoms with Crippen LogP contribution >= 0.6 is 0 Å². The van der Waals surface area contributed by atoms with E-state index in [4.69, 9.17) is 4.74 Å².